The minimum Gasteiger partial charge on any atom is -0.493 e. The summed E-state index contributed by atoms with van der Waals surface area (Å²) in [5, 5.41) is 5.71. The summed E-state index contributed by atoms with van der Waals surface area (Å²) in [4.78, 5) is 45.4. The molecule has 0 radical (unpaired) electrons. The topological polar surface area (TPSA) is 119 Å². The summed E-state index contributed by atoms with van der Waals surface area (Å²) in [6.45, 7) is 0.267. The molecule has 3 amide bonds. The monoisotopic (exact) mass is 590 g/mol. The molecular formula is C30H27FN4O6S. The highest BCUT2D eigenvalue weighted by Crippen LogP contribution is 2.29. The van der Waals surface area contributed by atoms with Gasteiger partial charge in [0, 0.05) is 43.2 Å². The van der Waals surface area contributed by atoms with Gasteiger partial charge in [-0.3, -0.25) is 14.4 Å². The quantitative estimate of drug-likeness (QED) is 0.367. The number of carbonyl (C=O) groups is 3. The van der Waals surface area contributed by atoms with Crippen molar-refractivity contribution in [2.75, 3.05) is 26.8 Å². The first-order chi connectivity index (χ1) is 20.4. The number of rotatable bonds is 2. The van der Waals surface area contributed by atoms with E-state index in [9.17, 15) is 18.8 Å². The van der Waals surface area contributed by atoms with E-state index in [1.165, 1.54) is 36.6 Å². The highest BCUT2D eigenvalue weighted by Gasteiger charge is 2.35. The number of methoxy groups -OCH3 is 1. The van der Waals surface area contributed by atoms with Gasteiger partial charge in [-0.25, -0.2) is 9.37 Å². The molecule has 3 heterocycles. The lowest BCUT2D eigenvalue weighted by atomic mass is 9.99. The summed E-state index contributed by atoms with van der Waals surface area (Å²) < 4.78 is 32.7. The van der Waals surface area contributed by atoms with Crippen molar-refractivity contribution in [3.63, 3.8) is 0 Å². The van der Waals surface area contributed by atoms with Crippen molar-refractivity contribution in [3.8, 4) is 17.2 Å². The molecule has 0 saturated carbocycles. The standard InChI is InChI=1S/C30H27FN4O6S/c1-39-25-5-3-18-10-26(25)40-15-28(36)32-13-17-8-20(31)12-21(9-17)41-24-6-7-35(14-23(24)34-29(18)37)30(38)19-2-4-22-27(11-19)42-16-33-22/h2-5,8-12,16,23-24H,6-7,13-15H2,1H3,(H,32,36)(H,34,37)/t23-,24+/m0/s1. The number of halogens is 1. The number of hydrogen-bond donors (Lipinski definition) is 2. The third-order valence-electron chi connectivity index (χ3n) is 7.22. The molecule has 0 aliphatic carbocycles. The number of thiazole rings is 1. The largest absolute Gasteiger partial charge is 0.493 e. The van der Waals surface area contributed by atoms with E-state index in [2.05, 4.69) is 15.6 Å². The third-order valence-corrected chi connectivity index (χ3v) is 8.02. The summed E-state index contributed by atoms with van der Waals surface area (Å²) in [5.41, 5.74) is 3.85. The van der Waals surface area contributed by atoms with Crippen LogP contribution < -0.4 is 24.8 Å². The molecule has 1 saturated heterocycles. The molecule has 1 aromatic heterocycles. The zero-order valence-electron chi connectivity index (χ0n) is 22.6. The fraction of sp³-hybridized carbons (Fsp3) is 0.267. The second-order valence-electron chi connectivity index (χ2n) is 10.0. The molecule has 4 aromatic rings. The molecule has 3 aromatic carbocycles. The fourth-order valence-electron chi connectivity index (χ4n) is 5.11. The Morgan fingerprint density at radius 1 is 1.14 bits per heavy atom. The molecule has 216 valence electrons. The Kier molecular flexibility index (Phi) is 7.62. The summed E-state index contributed by atoms with van der Waals surface area (Å²) in [5.74, 6) is -0.741. The number of nitrogens with zero attached hydrogens (tertiary/aromatic N) is 2. The van der Waals surface area contributed by atoms with Crippen LogP contribution in [0.3, 0.4) is 0 Å². The third kappa shape index (κ3) is 5.84. The average molecular weight is 591 g/mol. The van der Waals surface area contributed by atoms with Crippen LogP contribution in [0.15, 0.2) is 60.1 Å². The number of fused-ring (bicyclic) bond motifs is 6. The van der Waals surface area contributed by atoms with Crippen molar-refractivity contribution in [2.24, 2.45) is 0 Å². The zero-order valence-corrected chi connectivity index (χ0v) is 23.4. The molecule has 4 bridgehead atoms. The molecule has 0 spiro atoms. The molecule has 1 fully saturated rings. The SMILES string of the molecule is COc1ccc2cc1OCC(=O)NCc1cc(F)cc(c1)O[C@@H]1CCN(C(=O)c3ccc4ncsc4c3)C[C@@H]1NC2=O. The van der Waals surface area contributed by atoms with Crippen molar-refractivity contribution in [3.05, 3.63) is 82.6 Å². The highest BCUT2D eigenvalue weighted by atomic mass is 32.1. The number of nitrogens with one attached hydrogen (secondary N) is 2. The number of ether oxygens (including phenoxy) is 3. The van der Waals surface area contributed by atoms with Crippen LogP contribution in [0.2, 0.25) is 0 Å². The van der Waals surface area contributed by atoms with Gasteiger partial charge in [-0.15, -0.1) is 11.3 Å². The summed E-state index contributed by atoms with van der Waals surface area (Å²) in [6, 6.07) is 13.6. The highest BCUT2D eigenvalue weighted by molar-refractivity contribution is 7.16. The van der Waals surface area contributed by atoms with Crippen LogP contribution in [0.1, 0.15) is 32.7 Å². The summed E-state index contributed by atoms with van der Waals surface area (Å²) in [6.07, 6.45) is -0.174. The van der Waals surface area contributed by atoms with E-state index in [1.54, 1.807) is 34.7 Å². The molecule has 2 N–H and O–H groups in total. The van der Waals surface area contributed by atoms with Gasteiger partial charge in [0.25, 0.3) is 17.7 Å². The van der Waals surface area contributed by atoms with Crippen LogP contribution in [0, 0.1) is 5.82 Å². The Labute approximate surface area is 244 Å². The number of benzene rings is 3. The normalized spacial score (nSPS) is 19.1. The first-order valence-electron chi connectivity index (χ1n) is 13.3. The Balaban J connectivity index is 1.31. The van der Waals surface area contributed by atoms with Crippen molar-refractivity contribution >= 4 is 39.3 Å². The number of amides is 3. The number of carbonyl (C=O) groups excluding carboxylic acids is 3. The van der Waals surface area contributed by atoms with Gasteiger partial charge in [-0.2, -0.15) is 0 Å². The molecule has 2 atom stereocenters. The van der Waals surface area contributed by atoms with Gasteiger partial charge in [0.2, 0.25) is 0 Å². The molecular weight excluding hydrogens is 563 g/mol. The van der Waals surface area contributed by atoms with Crippen LogP contribution in [-0.2, 0) is 11.3 Å². The maximum absolute atomic E-state index is 14.5. The van der Waals surface area contributed by atoms with Crippen LogP contribution in [0.4, 0.5) is 4.39 Å². The zero-order chi connectivity index (χ0) is 29.2. The average Bonchev–Trinajstić information content (AvgIpc) is 3.47. The van der Waals surface area contributed by atoms with Crippen LogP contribution in [0.5, 0.6) is 17.2 Å². The smallest absolute Gasteiger partial charge is 0.258 e. The number of piperidine rings is 1. The van der Waals surface area contributed by atoms with Gasteiger partial charge < -0.3 is 29.7 Å². The molecule has 12 heteroatoms. The summed E-state index contributed by atoms with van der Waals surface area (Å²) >= 11 is 1.46. The van der Waals surface area contributed by atoms with E-state index in [0.717, 1.165) is 10.2 Å². The van der Waals surface area contributed by atoms with Crippen LogP contribution in [0.25, 0.3) is 10.2 Å². The number of hydrogen-bond acceptors (Lipinski definition) is 8. The minimum absolute atomic E-state index is 0.0602. The molecule has 2 aliphatic heterocycles. The van der Waals surface area contributed by atoms with E-state index in [-0.39, 0.29) is 42.7 Å². The first-order valence-corrected chi connectivity index (χ1v) is 14.2. The second kappa shape index (κ2) is 11.6. The Bertz CT molecular complexity index is 1680. The lowest BCUT2D eigenvalue weighted by Gasteiger charge is -2.39. The van der Waals surface area contributed by atoms with Crippen molar-refractivity contribution < 1.29 is 33.0 Å². The Morgan fingerprint density at radius 3 is 2.88 bits per heavy atom. The maximum atomic E-state index is 14.5. The van der Waals surface area contributed by atoms with E-state index >= 15 is 0 Å². The molecule has 0 unspecified atom stereocenters. The van der Waals surface area contributed by atoms with E-state index < -0.39 is 29.8 Å². The number of likely N-dealkylation sites (tertiary alicyclic amines) is 1. The van der Waals surface area contributed by atoms with Crippen molar-refractivity contribution in [1.29, 1.82) is 0 Å². The second-order valence-corrected chi connectivity index (χ2v) is 10.9. The van der Waals surface area contributed by atoms with Gasteiger partial charge in [0.05, 0.1) is 28.9 Å². The van der Waals surface area contributed by atoms with E-state index in [1.807, 2.05) is 12.1 Å². The first kappa shape index (κ1) is 27.5. The molecule has 2 aliphatic rings. The molecule has 6 rings (SSSR count). The van der Waals surface area contributed by atoms with Crippen LogP contribution >= 0.6 is 11.3 Å². The van der Waals surface area contributed by atoms with Crippen molar-refractivity contribution in [1.82, 2.24) is 20.5 Å². The van der Waals surface area contributed by atoms with E-state index in [0.29, 0.717) is 29.8 Å². The molecule has 10 nitrogen and oxygen atoms in total. The predicted octanol–water partition coefficient (Wildman–Crippen LogP) is 3.54. The van der Waals surface area contributed by atoms with Gasteiger partial charge >= 0.3 is 0 Å². The van der Waals surface area contributed by atoms with Crippen molar-refractivity contribution in [2.45, 2.75) is 25.1 Å². The van der Waals surface area contributed by atoms with Gasteiger partial charge in [0.1, 0.15) is 17.7 Å². The predicted molar refractivity (Wildman–Crippen MR) is 153 cm³/mol. The summed E-state index contributed by atoms with van der Waals surface area (Å²) in [7, 11) is 1.46. The lowest BCUT2D eigenvalue weighted by Crippen LogP contribution is -2.58. The molecule has 42 heavy (non-hydrogen) atoms. The fourth-order valence-corrected chi connectivity index (χ4v) is 5.82. The van der Waals surface area contributed by atoms with Gasteiger partial charge in [0.15, 0.2) is 18.1 Å². The Morgan fingerprint density at radius 2 is 2.02 bits per heavy atom. The minimum atomic E-state index is -0.617. The van der Waals surface area contributed by atoms with Crippen LogP contribution in [-0.4, -0.2) is 66.6 Å². The lowest BCUT2D eigenvalue weighted by molar-refractivity contribution is -0.123. The maximum Gasteiger partial charge on any atom is 0.258 e. The van der Waals surface area contributed by atoms with Gasteiger partial charge in [-0.05, 0) is 54.1 Å². The van der Waals surface area contributed by atoms with E-state index in [4.69, 9.17) is 14.2 Å². The Hall–Kier alpha value is -4.71. The van der Waals surface area contributed by atoms with Gasteiger partial charge in [-0.1, -0.05) is 0 Å². The number of aromatic nitrogens is 1.